The summed E-state index contributed by atoms with van der Waals surface area (Å²) in [6.45, 7) is 0. The van der Waals surface area contributed by atoms with Crippen molar-refractivity contribution in [3.05, 3.63) is 108 Å². The molecule has 11 heteroatoms. The van der Waals surface area contributed by atoms with Crippen LogP contribution in [0.1, 0.15) is 16.8 Å². The second-order valence-corrected chi connectivity index (χ2v) is 8.42. The molecular formula is C25H13Cl2N5O4. The van der Waals surface area contributed by atoms with Crippen LogP contribution in [0.3, 0.4) is 0 Å². The fourth-order valence-electron chi connectivity index (χ4n) is 3.62. The van der Waals surface area contributed by atoms with Crippen LogP contribution in [0.2, 0.25) is 10.0 Å². The van der Waals surface area contributed by atoms with E-state index in [2.05, 4.69) is 10.4 Å². The number of fused-ring (bicyclic) bond motifs is 1. The van der Waals surface area contributed by atoms with Gasteiger partial charge < -0.3 is 10.1 Å². The largest absolute Gasteiger partial charge is 0.454 e. The Bertz CT molecular complexity index is 1710. The number of rotatable bonds is 4. The van der Waals surface area contributed by atoms with Crippen molar-refractivity contribution in [3.63, 3.8) is 0 Å². The standard InChI is InChI=1S/C25H13Cl2N5O4/c26-18-9-14(32-25(35)30-24(34)21(12-28)31-32)10-19(27)22(18)36-15-6-7-20-16(11-15)17(23(33)29-20)8-13-4-2-1-3-5-13/h1-11H,(H,29,33)(H,30,34,35)/b17-8+. The third-order valence-electron chi connectivity index (χ3n) is 5.27. The number of benzene rings is 3. The van der Waals surface area contributed by atoms with Gasteiger partial charge in [0, 0.05) is 16.8 Å². The molecule has 3 aromatic carbocycles. The number of aromatic nitrogens is 3. The summed E-state index contributed by atoms with van der Waals surface area (Å²) >= 11 is 12.8. The molecule has 2 heterocycles. The van der Waals surface area contributed by atoms with Crippen LogP contribution in [-0.2, 0) is 4.79 Å². The molecule has 1 amide bonds. The van der Waals surface area contributed by atoms with Crippen LogP contribution in [0.25, 0.3) is 17.3 Å². The molecule has 1 aliphatic heterocycles. The number of amides is 1. The fraction of sp³-hybridized carbons (Fsp3) is 0. The van der Waals surface area contributed by atoms with Crippen molar-refractivity contribution in [2.24, 2.45) is 0 Å². The van der Waals surface area contributed by atoms with Crippen LogP contribution in [0, 0.1) is 11.3 Å². The molecule has 0 radical (unpaired) electrons. The van der Waals surface area contributed by atoms with E-state index in [-0.39, 0.29) is 27.4 Å². The summed E-state index contributed by atoms with van der Waals surface area (Å²) in [5, 5.41) is 15.7. The average Bonchev–Trinajstić information content (AvgIpc) is 3.16. The second-order valence-electron chi connectivity index (χ2n) is 7.60. The molecule has 0 fully saturated rings. The summed E-state index contributed by atoms with van der Waals surface area (Å²) in [4.78, 5) is 38.4. The third kappa shape index (κ3) is 4.27. The molecule has 1 aliphatic rings. The lowest BCUT2D eigenvalue weighted by atomic mass is 10.0. The maximum atomic E-state index is 12.5. The van der Waals surface area contributed by atoms with Gasteiger partial charge >= 0.3 is 5.69 Å². The van der Waals surface area contributed by atoms with Crippen molar-refractivity contribution < 1.29 is 9.53 Å². The monoisotopic (exact) mass is 517 g/mol. The summed E-state index contributed by atoms with van der Waals surface area (Å²) in [5.41, 5.74) is 0.488. The molecule has 0 bridgehead atoms. The summed E-state index contributed by atoms with van der Waals surface area (Å²) in [5.74, 6) is 0.236. The molecule has 0 unspecified atom stereocenters. The minimum atomic E-state index is -0.902. The number of carbonyl (C=O) groups is 1. The highest BCUT2D eigenvalue weighted by atomic mass is 35.5. The first-order chi connectivity index (χ1) is 17.3. The second kappa shape index (κ2) is 9.19. The molecule has 4 aromatic rings. The Morgan fingerprint density at radius 3 is 2.42 bits per heavy atom. The maximum absolute atomic E-state index is 12.5. The van der Waals surface area contributed by atoms with E-state index in [9.17, 15) is 14.4 Å². The first kappa shape index (κ1) is 23.1. The van der Waals surface area contributed by atoms with Crippen molar-refractivity contribution in [2.45, 2.75) is 0 Å². The number of aromatic amines is 1. The number of ether oxygens (including phenoxy) is 1. The number of nitriles is 1. The van der Waals surface area contributed by atoms with Gasteiger partial charge in [-0.05, 0) is 42.0 Å². The van der Waals surface area contributed by atoms with E-state index < -0.39 is 16.9 Å². The van der Waals surface area contributed by atoms with E-state index in [0.717, 1.165) is 10.2 Å². The summed E-state index contributed by atoms with van der Waals surface area (Å²) < 4.78 is 6.74. The highest BCUT2D eigenvalue weighted by Gasteiger charge is 2.25. The summed E-state index contributed by atoms with van der Waals surface area (Å²) in [6, 6.07) is 18.8. The van der Waals surface area contributed by atoms with Gasteiger partial charge in [-0.3, -0.25) is 14.6 Å². The third-order valence-corrected chi connectivity index (χ3v) is 5.83. The molecule has 0 aliphatic carbocycles. The molecule has 1 aromatic heterocycles. The molecule has 36 heavy (non-hydrogen) atoms. The van der Waals surface area contributed by atoms with E-state index in [0.29, 0.717) is 22.6 Å². The summed E-state index contributed by atoms with van der Waals surface area (Å²) in [6.07, 6.45) is 1.78. The van der Waals surface area contributed by atoms with Gasteiger partial charge in [-0.1, -0.05) is 53.5 Å². The van der Waals surface area contributed by atoms with Gasteiger partial charge in [0.1, 0.15) is 11.8 Å². The van der Waals surface area contributed by atoms with Crippen molar-refractivity contribution in [1.29, 1.82) is 5.26 Å². The zero-order valence-electron chi connectivity index (χ0n) is 18.1. The smallest absolute Gasteiger partial charge is 0.349 e. The molecule has 9 nitrogen and oxygen atoms in total. The lowest BCUT2D eigenvalue weighted by molar-refractivity contribution is -0.110. The predicted octanol–water partition coefficient (Wildman–Crippen LogP) is 4.38. The lowest BCUT2D eigenvalue weighted by Crippen LogP contribution is -2.33. The quantitative estimate of drug-likeness (QED) is 0.386. The number of halogens is 2. The Morgan fingerprint density at radius 1 is 1.00 bits per heavy atom. The Hall–Kier alpha value is -4.65. The Labute approximate surface area is 212 Å². The predicted molar refractivity (Wildman–Crippen MR) is 135 cm³/mol. The molecule has 0 saturated heterocycles. The summed E-state index contributed by atoms with van der Waals surface area (Å²) in [7, 11) is 0. The van der Waals surface area contributed by atoms with Gasteiger partial charge in [-0.2, -0.15) is 9.94 Å². The number of nitrogens with one attached hydrogen (secondary N) is 2. The van der Waals surface area contributed by atoms with Gasteiger partial charge in [-0.15, -0.1) is 5.10 Å². The maximum Gasteiger partial charge on any atom is 0.349 e. The van der Waals surface area contributed by atoms with Gasteiger partial charge in [0.15, 0.2) is 5.75 Å². The molecule has 2 N–H and O–H groups in total. The average molecular weight is 518 g/mol. The first-order valence-electron chi connectivity index (χ1n) is 10.4. The van der Waals surface area contributed by atoms with Gasteiger partial charge in [-0.25, -0.2) is 4.79 Å². The van der Waals surface area contributed by atoms with Crippen LogP contribution >= 0.6 is 23.2 Å². The van der Waals surface area contributed by atoms with Gasteiger partial charge in [0.25, 0.3) is 11.5 Å². The lowest BCUT2D eigenvalue weighted by Gasteiger charge is -2.13. The van der Waals surface area contributed by atoms with Crippen molar-refractivity contribution in [1.82, 2.24) is 14.8 Å². The van der Waals surface area contributed by atoms with E-state index >= 15 is 0 Å². The zero-order valence-corrected chi connectivity index (χ0v) is 19.6. The van der Waals surface area contributed by atoms with Crippen molar-refractivity contribution >= 4 is 46.4 Å². The number of hydrogen-bond donors (Lipinski definition) is 2. The first-order valence-corrected chi connectivity index (χ1v) is 11.1. The fourth-order valence-corrected chi connectivity index (χ4v) is 4.17. The SMILES string of the molecule is N#Cc1nn(-c2cc(Cl)c(Oc3ccc4c(c3)/C(=C\c3ccccc3)C(=O)N4)c(Cl)c2)c(=O)[nH]c1=O. The van der Waals surface area contributed by atoms with E-state index in [1.807, 2.05) is 35.3 Å². The minimum absolute atomic E-state index is 0.0469. The van der Waals surface area contributed by atoms with E-state index in [1.165, 1.54) is 12.1 Å². The highest BCUT2D eigenvalue weighted by molar-refractivity contribution is 6.37. The number of H-pyrrole nitrogens is 1. The van der Waals surface area contributed by atoms with Crippen LogP contribution < -0.4 is 21.3 Å². The van der Waals surface area contributed by atoms with Crippen molar-refractivity contribution in [2.75, 3.05) is 5.32 Å². The molecule has 0 saturated carbocycles. The molecule has 0 atom stereocenters. The van der Waals surface area contributed by atoms with Crippen LogP contribution in [0.15, 0.2) is 70.3 Å². The van der Waals surface area contributed by atoms with E-state index in [1.54, 1.807) is 30.3 Å². The van der Waals surface area contributed by atoms with Crippen LogP contribution in [0.5, 0.6) is 11.5 Å². The number of anilines is 1. The van der Waals surface area contributed by atoms with E-state index in [4.69, 9.17) is 33.2 Å². The normalized spacial score (nSPS) is 13.2. The molecule has 5 rings (SSSR count). The van der Waals surface area contributed by atoms with Crippen molar-refractivity contribution in [3.8, 4) is 23.3 Å². The Balaban J connectivity index is 1.50. The minimum Gasteiger partial charge on any atom is -0.454 e. The molecule has 176 valence electrons. The molecular weight excluding hydrogens is 505 g/mol. The van der Waals surface area contributed by atoms with Gasteiger partial charge in [0.05, 0.1) is 15.7 Å². The number of hydrogen-bond acceptors (Lipinski definition) is 6. The molecule has 0 spiro atoms. The number of nitrogens with zero attached hydrogens (tertiary/aromatic N) is 3. The topological polar surface area (TPSA) is 130 Å². The van der Waals surface area contributed by atoms with Crippen LogP contribution in [0.4, 0.5) is 5.69 Å². The Morgan fingerprint density at radius 2 is 1.72 bits per heavy atom. The van der Waals surface area contributed by atoms with Crippen LogP contribution in [-0.4, -0.2) is 20.7 Å². The Kier molecular flexibility index (Phi) is 5.90. The zero-order chi connectivity index (χ0) is 25.4. The number of carbonyl (C=O) groups excluding carboxylic acids is 1. The highest BCUT2D eigenvalue weighted by Crippen LogP contribution is 2.41. The van der Waals surface area contributed by atoms with Gasteiger partial charge in [0.2, 0.25) is 5.69 Å².